The van der Waals surface area contributed by atoms with E-state index >= 15 is 0 Å². The number of benzene rings is 1. The van der Waals surface area contributed by atoms with Crippen molar-refractivity contribution in [2.75, 3.05) is 25.6 Å². The number of anilines is 1. The molecular weight excluding hydrogens is 256 g/mol. The number of thiocarbonyl (C=S) groups is 1. The molecule has 0 aromatic heterocycles. The highest BCUT2D eigenvalue weighted by Gasteiger charge is 2.02. The van der Waals surface area contributed by atoms with Crippen LogP contribution < -0.4 is 10.6 Å². The molecule has 0 atom stereocenters. The van der Waals surface area contributed by atoms with E-state index in [9.17, 15) is 0 Å². The molecule has 0 aliphatic carbocycles. The van der Waals surface area contributed by atoms with Crippen LogP contribution in [0, 0.1) is 6.92 Å². The van der Waals surface area contributed by atoms with Gasteiger partial charge in [0.25, 0.3) is 0 Å². The van der Waals surface area contributed by atoms with Crippen LogP contribution in [0.5, 0.6) is 0 Å². The summed E-state index contributed by atoms with van der Waals surface area (Å²) in [5.74, 6) is 0. The molecule has 0 heterocycles. The Labute approximate surface area is 112 Å². The first-order valence-electron chi connectivity index (χ1n) is 5.43. The minimum atomic E-state index is 0.577. The maximum Gasteiger partial charge on any atom is 0.170 e. The van der Waals surface area contributed by atoms with Crippen LogP contribution in [0.1, 0.15) is 12.0 Å². The van der Waals surface area contributed by atoms with Crippen LogP contribution in [-0.2, 0) is 4.74 Å². The summed E-state index contributed by atoms with van der Waals surface area (Å²) in [6, 6.07) is 5.78. The molecule has 5 heteroatoms. The van der Waals surface area contributed by atoms with Gasteiger partial charge in [0.1, 0.15) is 0 Å². The van der Waals surface area contributed by atoms with Crippen LogP contribution in [0.15, 0.2) is 18.2 Å². The number of methoxy groups -OCH3 is 1. The minimum absolute atomic E-state index is 0.577. The van der Waals surface area contributed by atoms with Gasteiger partial charge >= 0.3 is 0 Å². The van der Waals surface area contributed by atoms with E-state index in [1.54, 1.807) is 7.11 Å². The first kappa shape index (κ1) is 14.2. The van der Waals surface area contributed by atoms with Crippen molar-refractivity contribution in [1.29, 1.82) is 0 Å². The quantitative estimate of drug-likeness (QED) is 0.638. The van der Waals surface area contributed by atoms with Crippen molar-refractivity contribution in [3.63, 3.8) is 0 Å². The Morgan fingerprint density at radius 1 is 1.47 bits per heavy atom. The lowest BCUT2D eigenvalue weighted by molar-refractivity contribution is 0.196. The standard InChI is InChI=1S/C12H17ClN2OS/c1-9-4-5-10(13)11(8-9)15-12(17)14-6-3-7-16-2/h4-5,8H,3,6-7H2,1-2H3,(H2,14,15,17). The number of ether oxygens (including phenoxy) is 1. The Kier molecular flexibility index (Phi) is 6.26. The third-order valence-electron chi connectivity index (χ3n) is 2.18. The highest BCUT2D eigenvalue weighted by atomic mass is 35.5. The zero-order chi connectivity index (χ0) is 12.7. The minimum Gasteiger partial charge on any atom is -0.385 e. The molecule has 2 N–H and O–H groups in total. The lowest BCUT2D eigenvalue weighted by Gasteiger charge is -2.12. The van der Waals surface area contributed by atoms with Crippen molar-refractivity contribution in [3.05, 3.63) is 28.8 Å². The number of hydrogen-bond donors (Lipinski definition) is 2. The van der Waals surface area contributed by atoms with Gasteiger partial charge in [-0.25, -0.2) is 0 Å². The van der Waals surface area contributed by atoms with Crippen LogP contribution in [0.25, 0.3) is 0 Å². The van der Waals surface area contributed by atoms with Gasteiger partial charge in [-0.05, 0) is 43.3 Å². The van der Waals surface area contributed by atoms with Crippen LogP contribution in [-0.4, -0.2) is 25.4 Å². The molecule has 17 heavy (non-hydrogen) atoms. The van der Waals surface area contributed by atoms with Gasteiger partial charge in [0, 0.05) is 20.3 Å². The van der Waals surface area contributed by atoms with Gasteiger partial charge in [-0.2, -0.15) is 0 Å². The summed E-state index contributed by atoms with van der Waals surface area (Å²) < 4.78 is 4.95. The van der Waals surface area contributed by atoms with Gasteiger partial charge in [-0.3, -0.25) is 0 Å². The monoisotopic (exact) mass is 272 g/mol. The Morgan fingerprint density at radius 3 is 2.94 bits per heavy atom. The van der Waals surface area contributed by atoms with Gasteiger partial charge < -0.3 is 15.4 Å². The van der Waals surface area contributed by atoms with Gasteiger partial charge in [-0.15, -0.1) is 0 Å². The van der Waals surface area contributed by atoms with Crippen molar-refractivity contribution in [2.45, 2.75) is 13.3 Å². The third kappa shape index (κ3) is 5.35. The van der Waals surface area contributed by atoms with E-state index in [0.29, 0.717) is 10.1 Å². The maximum atomic E-state index is 6.05. The predicted octanol–water partition coefficient (Wildman–Crippen LogP) is 2.97. The second-order valence-corrected chi connectivity index (χ2v) is 4.53. The number of halogens is 1. The Balaban J connectivity index is 2.42. The molecule has 0 saturated carbocycles. The zero-order valence-electron chi connectivity index (χ0n) is 10.0. The van der Waals surface area contributed by atoms with Gasteiger partial charge in [0.05, 0.1) is 10.7 Å². The van der Waals surface area contributed by atoms with E-state index in [1.807, 2.05) is 25.1 Å². The molecule has 1 aromatic carbocycles. The van der Waals surface area contributed by atoms with Crippen molar-refractivity contribution in [2.24, 2.45) is 0 Å². The summed E-state index contributed by atoms with van der Waals surface area (Å²) in [6.45, 7) is 3.51. The highest BCUT2D eigenvalue weighted by Crippen LogP contribution is 2.22. The molecule has 0 unspecified atom stereocenters. The van der Waals surface area contributed by atoms with Crippen LogP contribution in [0.2, 0.25) is 5.02 Å². The molecule has 0 saturated heterocycles. The van der Waals surface area contributed by atoms with Crippen LogP contribution >= 0.6 is 23.8 Å². The molecule has 94 valence electrons. The van der Waals surface area contributed by atoms with Crippen molar-refractivity contribution in [3.8, 4) is 0 Å². The van der Waals surface area contributed by atoms with Crippen LogP contribution in [0.4, 0.5) is 5.69 Å². The molecule has 0 spiro atoms. The molecular formula is C12H17ClN2OS. The van der Waals surface area contributed by atoms with E-state index in [2.05, 4.69) is 10.6 Å². The lowest BCUT2D eigenvalue weighted by Crippen LogP contribution is -2.29. The first-order chi connectivity index (χ1) is 8.13. The maximum absolute atomic E-state index is 6.05. The van der Waals surface area contributed by atoms with Gasteiger partial charge in [0.2, 0.25) is 0 Å². The number of aryl methyl sites for hydroxylation is 1. The van der Waals surface area contributed by atoms with E-state index in [4.69, 9.17) is 28.6 Å². The molecule has 0 radical (unpaired) electrons. The van der Waals surface area contributed by atoms with Gasteiger partial charge in [-0.1, -0.05) is 17.7 Å². The summed E-state index contributed by atoms with van der Waals surface area (Å²) in [5.41, 5.74) is 1.97. The Bertz CT molecular complexity index is 385. The summed E-state index contributed by atoms with van der Waals surface area (Å²) in [6.07, 6.45) is 0.917. The largest absolute Gasteiger partial charge is 0.385 e. The topological polar surface area (TPSA) is 33.3 Å². The zero-order valence-corrected chi connectivity index (χ0v) is 11.6. The Hall–Kier alpha value is -0.840. The second kappa shape index (κ2) is 7.48. The fraction of sp³-hybridized carbons (Fsp3) is 0.417. The second-order valence-electron chi connectivity index (χ2n) is 3.71. The number of rotatable bonds is 5. The van der Waals surface area contributed by atoms with E-state index in [1.165, 1.54) is 0 Å². The normalized spacial score (nSPS) is 10.1. The van der Waals surface area contributed by atoms with Crippen molar-refractivity contribution in [1.82, 2.24) is 5.32 Å². The number of hydrogen-bond acceptors (Lipinski definition) is 2. The average molecular weight is 273 g/mol. The molecule has 0 aliphatic heterocycles. The molecule has 1 rings (SSSR count). The number of nitrogens with one attached hydrogen (secondary N) is 2. The SMILES string of the molecule is COCCCNC(=S)Nc1cc(C)ccc1Cl. The van der Waals surface area contributed by atoms with Crippen molar-refractivity contribution >= 4 is 34.6 Å². The van der Waals surface area contributed by atoms with E-state index in [-0.39, 0.29) is 0 Å². The smallest absolute Gasteiger partial charge is 0.170 e. The predicted molar refractivity (Wildman–Crippen MR) is 76.9 cm³/mol. The molecule has 0 aliphatic rings. The summed E-state index contributed by atoms with van der Waals surface area (Å²) in [4.78, 5) is 0. The average Bonchev–Trinajstić information content (AvgIpc) is 2.29. The van der Waals surface area contributed by atoms with E-state index in [0.717, 1.165) is 30.8 Å². The summed E-state index contributed by atoms with van der Waals surface area (Å²) in [5, 5.41) is 7.41. The summed E-state index contributed by atoms with van der Waals surface area (Å²) >= 11 is 11.2. The highest BCUT2D eigenvalue weighted by molar-refractivity contribution is 7.80. The molecule has 0 fully saturated rings. The van der Waals surface area contributed by atoms with Gasteiger partial charge in [0.15, 0.2) is 5.11 Å². The first-order valence-corrected chi connectivity index (χ1v) is 6.22. The molecule has 0 amide bonds. The van der Waals surface area contributed by atoms with E-state index < -0.39 is 0 Å². The summed E-state index contributed by atoms with van der Waals surface area (Å²) in [7, 11) is 1.68. The fourth-order valence-electron chi connectivity index (χ4n) is 1.32. The fourth-order valence-corrected chi connectivity index (χ4v) is 1.70. The molecule has 1 aromatic rings. The third-order valence-corrected chi connectivity index (χ3v) is 2.76. The Morgan fingerprint density at radius 2 is 2.24 bits per heavy atom. The lowest BCUT2D eigenvalue weighted by atomic mass is 10.2. The van der Waals surface area contributed by atoms with Crippen LogP contribution in [0.3, 0.4) is 0 Å². The molecule has 0 bridgehead atoms. The molecule has 3 nitrogen and oxygen atoms in total. The van der Waals surface area contributed by atoms with Crippen molar-refractivity contribution < 1.29 is 4.74 Å².